The Labute approximate surface area is 214 Å². The number of benzene rings is 2. The number of anilines is 2. The topological polar surface area (TPSA) is 177 Å². The Morgan fingerprint density at radius 2 is 1.92 bits per heavy atom. The minimum absolute atomic E-state index is 0.0864. The van der Waals surface area contributed by atoms with Crippen LogP contribution in [-0.2, 0) is 11.2 Å². The second-order valence-corrected chi connectivity index (χ2v) is 8.69. The molecule has 0 fully saturated rings. The van der Waals surface area contributed by atoms with Gasteiger partial charge in [-0.1, -0.05) is 12.1 Å². The van der Waals surface area contributed by atoms with Crippen molar-refractivity contribution in [3.63, 3.8) is 0 Å². The van der Waals surface area contributed by atoms with Crippen LogP contribution in [0, 0.1) is 0 Å². The standard InChI is InChI=1S/C26H21N9O3/c36-25(33-22(26(37)38)10-18-12-27-13-29-18)21-8-14-1-2-15(9-20(14)32-21)24-28-6-5-23(34-24)31-17-3-4-19-16(7-17)11-30-35-19/h1-9,11-13,22,32H,10H2,(H,27,29)(H,30,35)(H,33,36)(H,37,38)(H,28,31,34). The van der Waals surface area contributed by atoms with Crippen LogP contribution < -0.4 is 10.6 Å². The molecule has 0 aliphatic heterocycles. The van der Waals surface area contributed by atoms with Crippen molar-refractivity contribution in [3.05, 3.63) is 84.8 Å². The normalized spacial score (nSPS) is 12.0. The van der Waals surface area contributed by atoms with E-state index in [2.05, 4.69) is 45.8 Å². The molecule has 6 N–H and O–H groups in total. The highest BCUT2D eigenvalue weighted by Crippen LogP contribution is 2.25. The molecule has 12 nitrogen and oxygen atoms in total. The average Bonchev–Trinajstić information content (AvgIpc) is 3.68. The largest absolute Gasteiger partial charge is 0.480 e. The Balaban J connectivity index is 1.21. The molecular weight excluding hydrogens is 486 g/mol. The monoisotopic (exact) mass is 507 g/mol. The van der Waals surface area contributed by atoms with Crippen molar-refractivity contribution >= 4 is 45.2 Å². The minimum Gasteiger partial charge on any atom is -0.480 e. The highest BCUT2D eigenvalue weighted by Gasteiger charge is 2.22. The summed E-state index contributed by atoms with van der Waals surface area (Å²) in [6.45, 7) is 0. The fourth-order valence-corrected chi connectivity index (χ4v) is 4.18. The van der Waals surface area contributed by atoms with E-state index >= 15 is 0 Å². The summed E-state index contributed by atoms with van der Waals surface area (Å²) in [5, 5.41) is 24.1. The molecule has 1 unspecified atom stereocenters. The molecular formula is C26H21N9O3. The molecule has 188 valence electrons. The number of amides is 1. The zero-order chi connectivity index (χ0) is 26.1. The number of carboxylic acid groups (broad SMARTS) is 1. The Morgan fingerprint density at radius 3 is 2.76 bits per heavy atom. The summed E-state index contributed by atoms with van der Waals surface area (Å²) in [5.41, 5.74) is 4.12. The van der Waals surface area contributed by atoms with E-state index in [1.807, 2.05) is 36.4 Å². The van der Waals surface area contributed by atoms with Crippen LogP contribution in [-0.4, -0.2) is 58.1 Å². The van der Waals surface area contributed by atoms with E-state index in [-0.39, 0.29) is 12.1 Å². The molecule has 6 rings (SSSR count). The van der Waals surface area contributed by atoms with Crippen LogP contribution in [0.1, 0.15) is 16.2 Å². The first-order valence-electron chi connectivity index (χ1n) is 11.7. The van der Waals surface area contributed by atoms with Gasteiger partial charge in [-0.15, -0.1) is 0 Å². The van der Waals surface area contributed by atoms with Gasteiger partial charge in [-0.2, -0.15) is 5.10 Å². The number of carbonyl (C=O) groups is 2. The number of aromatic nitrogens is 7. The second-order valence-electron chi connectivity index (χ2n) is 8.69. The molecule has 38 heavy (non-hydrogen) atoms. The van der Waals surface area contributed by atoms with E-state index in [0.29, 0.717) is 22.9 Å². The highest BCUT2D eigenvalue weighted by molar-refractivity contribution is 6.00. The minimum atomic E-state index is -1.14. The molecule has 0 saturated carbocycles. The molecule has 1 atom stereocenters. The lowest BCUT2D eigenvalue weighted by atomic mass is 10.1. The number of carboxylic acids is 1. The lowest BCUT2D eigenvalue weighted by Gasteiger charge is -2.12. The predicted octanol–water partition coefficient (Wildman–Crippen LogP) is 3.39. The lowest BCUT2D eigenvalue weighted by Crippen LogP contribution is -2.42. The predicted molar refractivity (Wildman–Crippen MR) is 140 cm³/mol. The van der Waals surface area contributed by atoms with Gasteiger partial charge in [0.2, 0.25) is 0 Å². The summed E-state index contributed by atoms with van der Waals surface area (Å²) in [6.07, 6.45) is 6.50. The number of nitrogens with zero attached hydrogens (tertiary/aromatic N) is 4. The quantitative estimate of drug-likeness (QED) is 0.181. The van der Waals surface area contributed by atoms with Crippen LogP contribution in [0.2, 0.25) is 0 Å². The first-order chi connectivity index (χ1) is 18.5. The van der Waals surface area contributed by atoms with Gasteiger partial charge >= 0.3 is 5.97 Å². The number of nitrogens with one attached hydrogen (secondary N) is 5. The SMILES string of the molecule is O=C(NC(Cc1cnc[nH]1)C(=O)O)c1cc2ccc(-c3nccc(Nc4ccc5[nH]ncc5c4)n3)cc2[nH]1. The number of carbonyl (C=O) groups excluding carboxylic acids is 1. The molecule has 0 saturated heterocycles. The first kappa shape index (κ1) is 22.9. The van der Waals surface area contributed by atoms with Gasteiger partial charge in [0.15, 0.2) is 5.82 Å². The average molecular weight is 508 g/mol. The van der Waals surface area contributed by atoms with Gasteiger partial charge in [-0.25, -0.2) is 19.7 Å². The van der Waals surface area contributed by atoms with E-state index in [0.717, 1.165) is 27.5 Å². The maximum Gasteiger partial charge on any atom is 0.326 e. The van der Waals surface area contributed by atoms with E-state index in [9.17, 15) is 14.7 Å². The Kier molecular flexibility index (Phi) is 5.73. The third-order valence-corrected chi connectivity index (χ3v) is 6.08. The smallest absolute Gasteiger partial charge is 0.326 e. The zero-order valence-electron chi connectivity index (χ0n) is 19.8. The number of hydrogen-bond acceptors (Lipinski definition) is 7. The molecule has 0 bridgehead atoms. The molecule has 0 spiro atoms. The summed E-state index contributed by atoms with van der Waals surface area (Å²) in [7, 11) is 0. The van der Waals surface area contributed by atoms with Crippen LogP contribution in [0.25, 0.3) is 33.2 Å². The third kappa shape index (κ3) is 4.65. The highest BCUT2D eigenvalue weighted by atomic mass is 16.4. The van der Waals surface area contributed by atoms with Crippen molar-refractivity contribution in [1.82, 2.24) is 40.4 Å². The summed E-state index contributed by atoms with van der Waals surface area (Å²) in [4.78, 5) is 43.3. The van der Waals surface area contributed by atoms with Gasteiger partial charge in [-0.05, 0) is 36.4 Å². The van der Waals surface area contributed by atoms with Crippen molar-refractivity contribution < 1.29 is 14.7 Å². The lowest BCUT2D eigenvalue weighted by molar-refractivity contribution is -0.139. The van der Waals surface area contributed by atoms with E-state index in [1.54, 1.807) is 24.5 Å². The van der Waals surface area contributed by atoms with Crippen LogP contribution in [0.15, 0.2) is 73.4 Å². The third-order valence-electron chi connectivity index (χ3n) is 6.08. The maximum atomic E-state index is 12.8. The van der Waals surface area contributed by atoms with Crippen LogP contribution >= 0.6 is 0 Å². The van der Waals surface area contributed by atoms with Crippen molar-refractivity contribution in [3.8, 4) is 11.4 Å². The first-order valence-corrected chi connectivity index (χ1v) is 11.7. The van der Waals surface area contributed by atoms with Gasteiger partial charge in [0.25, 0.3) is 5.91 Å². The van der Waals surface area contributed by atoms with Crippen LogP contribution in [0.5, 0.6) is 0 Å². The van der Waals surface area contributed by atoms with Crippen molar-refractivity contribution in [2.75, 3.05) is 5.32 Å². The Hall–Kier alpha value is -5.52. The number of aromatic amines is 3. The van der Waals surface area contributed by atoms with E-state index in [4.69, 9.17) is 0 Å². The van der Waals surface area contributed by atoms with Crippen LogP contribution in [0.3, 0.4) is 0 Å². The molecule has 0 aliphatic rings. The number of hydrogen-bond donors (Lipinski definition) is 6. The van der Waals surface area contributed by atoms with Gasteiger partial charge in [0.1, 0.15) is 17.6 Å². The number of rotatable bonds is 8. The fourth-order valence-electron chi connectivity index (χ4n) is 4.18. The van der Waals surface area contributed by atoms with E-state index in [1.165, 1.54) is 12.5 Å². The summed E-state index contributed by atoms with van der Waals surface area (Å²) in [6, 6.07) is 13.8. The molecule has 2 aromatic carbocycles. The molecule has 4 aromatic heterocycles. The number of imidazole rings is 1. The molecule has 4 heterocycles. The molecule has 0 radical (unpaired) electrons. The summed E-state index contributed by atoms with van der Waals surface area (Å²) < 4.78 is 0. The number of H-pyrrole nitrogens is 3. The van der Waals surface area contributed by atoms with E-state index < -0.39 is 17.9 Å². The maximum absolute atomic E-state index is 12.8. The Morgan fingerprint density at radius 1 is 1.00 bits per heavy atom. The van der Waals surface area contributed by atoms with Crippen molar-refractivity contribution in [1.29, 1.82) is 0 Å². The Bertz CT molecular complexity index is 1770. The molecule has 6 aromatic rings. The van der Waals surface area contributed by atoms with Crippen molar-refractivity contribution in [2.24, 2.45) is 0 Å². The second kappa shape index (κ2) is 9.50. The molecule has 0 aliphatic carbocycles. The van der Waals surface area contributed by atoms with Gasteiger partial charge < -0.3 is 25.7 Å². The fraction of sp³-hybridized carbons (Fsp3) is 0.0769. The summed E-state index contributed by atoms with van der Waals surface area (Å²) in [5.74, 6) is -0.526. The number of fused-ring (bicyclic) bond motifs is 2. The van der Waals surface area contributed by atoms with Crippen LogP contribution in [0.4, 0.5) is 11.5 Å². The zero-order valence-corrected chi connectivity index (χ0v) is 19.8. The summed E-state index contributed by atoms with van der Waals surface area (Å²) >= 11 is 0. The molecule has 12 heteroatoms. The van der Waals surface area contributed by atoms with Gasteiger partial charge in [0, 0.05) is 52.0 Å². The van der Waals surface area contributed by atoms with Crippen molar-refractivity contribution in [2.45, 2.75) is 12.5 Å². The number of aliphatic carboxylic acids is 1. The molecule has 1 amide bonds. The van der Waals surface area contributed by atoms with Gasteiger partial charge in [-0.3, -0.25) is 9.89 Å². The van der Waals surface area contributed by atoms with Gasteiger partial charge in [0.05, 0.1) is 18.0 Å².